The Kier molecular flexibility index (Phi) is 5.39. The Labute approximate surface area is 206 Å². The lowest BCUT2D eigenvalue weighted by Crippen LogP contribution is -2.22. The highest BCUT2D eigenvalue weighted by atomic mass is 32.2. The number of anilines is 1. The Morgan fingerprint density at radius 1 is 0.833 bits per heavy atom. The minimum atomic E-state index is -4.71. The molecule has 8 nitrogen and oxygen atoms in total. The molecule has 1 aliphatic carbocycles. The van der Waals surface area contributed by atoms with Crippen molar-refractivity contribution >= 4 is 27.4 Å². The number of aromatic hydroxyl groups is 1. The predicted octanol–water partition coefficient (Wildman–Crippen LogP) is 4.42. The van der Waals surface area contributed by atoms with Crippen LogP contribution >= 0.6 is 0 Å². The highest BCUT2D eigenvalue weighted by Crippen LogP contribution is 2.42. The van der Waals surface area contributed by atoms with Crippen molar-refractivity contribution in [3.63, 3.8) is 0 Å². The summed E-state index contributed by atoms with van der Waals surface area (Å²) in [5.74, 6) is -1.22. The third kappa shape index (κ3) is 3.71. The summed E-state index contributed by atoms with van der Waals surface area (Å²) in [5.41, 5.74) is 7.25. The number of ketones is 2. The molecule has 5 rings (SSSR count). The first-order chi connectivity index (χ1) is 17.1. The van der Waals surface area contributed by atoms with Gasteiger partial charge in [0.1, 0.15) is 21.6 Å². The van der Waals surface area contributed by atoms with Gasteiger partial charge >= 0.3 is 0 Å². The van der Waals surface area contributed by atoms with Crippen LogP contribution in [0.5, 0.6) is 17.2 Å². The number of rotatable bonds is 4. The second-order valence-corrected chi connectivity index (χ2v) is 9.61. The zero-order valence-electron chi connectivity index (χ0n) is 18.8. The molecule has 3 N–H and O–H groups in total. The van der Waals surface area contributed by atoms with Gasteiger partial charge in [-0.1, -0.05) is 54.6 Å². The van der Waals surface area contributed by atoms with Gasteiger partial charge in [-0.05, 0) is 35.7 Å². The normalized spacial score (nSPS) is 12.7. The van der Waals surface area contributed by atoms with Crippen molar-refractivity contribution in [2.45, 2.75) is 11.8 Å². The fourth-order valence-electron chi connectivity index (χ4n) is 4.40. The summed E-state index contributed by atoms with van der Waals surface area (Å²) >= 11 is 0. The van der Waals surface area contributed by atoms with E-state index < -0.39 is 27.4 Å². The maximum atomic E-state index is 13.1. The highest BCUT2D eigenvalue weighted by Gasteiger charge is 2.35. The smallest absolute Gasteiger partial charge is 0.198 e. The standard InChI is InChI=1S/C27H19NO7S/c1-14-5-4-8-17(27(14)36(32,33)34)15-9-11-16(12-10-15)35-21-13-20(29)22-23(24(21)28)26(31)19-7-3-2-6-18(19)25(22)30/h2-13,29H,28H2,1H3,(H,32,33,34)/p-1. The van der Waals surface area contributed by atoms with Crippen LogP contribution in [0.4, 0.5) is 5.69 Å². The number of nitrogens with two attached hydrogens (primary N) is 1. The van der Waals surface area contributed by atoms with Gasteiger partial charge in [0.15, 0.2) is 17.3 Å². The zero-order valence-corrected chi connectivity index (χ0v) is 19.6. The van der Waals surface area contributed by atoms with Gasteiger partial charge in [-0.15, -0.1) is 0 Å². The number of benzene rings is 4. The predicted molar refractivity (Wildman–Crippen MR) is 130 cm³/mol. The van der Waals surface area contributed by atoms with Crippen LogP contribution in [0, 0.1) is 6.92 Å². The number of carbonyl (C=O) groups excluding carboxylic acids is 2. The number of nitrogen functional groups attached to an aromatic ring is 1. The van der Waals surface area contributed by atoms with Gasteiger partial charge in [-0.3, -0.25) is 9.59 Å². The molecular formula is C27H18NO7S-. The van der Waals surface area contributed by atoms with Gasteiger partial charge in [-0.2, -0.15) is 0 Å². The van der Waals surface area contributed by atoms with E-state index in [1.165, 1.54) is 36.4 Å². The molecule has 0 radical (unpaired) electrons. The van der Waals surface area contributed by atoms with E-state index in [9.17, 15) is 27.7 Å². The fourth-order valence-corrected chi connectivity index (χ4v) is 5.32. The summed E-state index contributed by atoms with van der Waals surface area (Å²) in [6.07, 6.45) is 0. The Morgan fingerprint density at radius 2 is 1.42 bits per heavy atom. The van der Waals surface area contributed by atoms with Gasteiger partial charge in [0.25, 0.3) is 0 Å². The molecular weight excluding hydrogens is 482 g/mol. The Bertz CT molecular complexity index is 1690. The monoisotopic (exact) mass is 500 g/mol. The lowest BCUT2D eigenvalue weighted by atomic mass is 9.82. The summed E-state index contributed by atoms with van der Waals surface area (Å²) < 4.78 is 41.2. The number of phenols is 1. The van der Waals surface area contributed by atoms with Crippen molar-refractivity contribution in [2.24, 2.45) is 0 Å². The van der Waals surface area contributed by atoms with Crippen LogP contribution in [0.25, 0.3) is 11.1 Å². The molecule has 0 aromatic heterocycles. The molecule has 0 fully saturated rings. The summed E-state index contributed by atoms with van der Waals surface area (Å²) in [5, 5.41) is 10.6. The molecule has 0 heterocycles. The molecule has 0 amide bonds. The first kappa shape index (κ1) is 23.3. The number of fused-ring (bicyclic) bond motifs is 2. The largest absolute Gasteiger partial charge is 0.744 e. The van der Waals surface area contributed by atoms with Gasteiger partial charge in [0.2, 0.25) is 0 Å². The van der Waals surface area contributed by atoms with Crippen molar-refractivity contribution in [2.75, 3.05) is 5.73 Å². The van der Waals surface area contributed by atoms with Crippen LogP contribution < -0.4 is 10.5 Å². The van der Waals surface area contributed by atoms with Crippen LogP contribution in [0.3, 0.4) is 0 Å². The molecule has 1 aliphatic rings. The average Bonchev–Trinajstić information content (AvgIpc) is 2.84. The van der Waals surface area contributed by atoms with E-state index >= 15 is 0 Å². The molecule has 0 bridgehead atoms. The minimum Gasteiger partial charge on any atom is -0.744 e. The van der Waals surface area contributed by atoms with Crippen molar-refractivity contribution in [1.82, 2.24) is 0 Å². The number of aryl methyl sites for hydroxylation is 1. The number of hydrogen-bond donors (Lipinski definition) is 2. The lowest BCUT2D eigenvalue weighted by molar-refractivity contribution is 0.0977. The van der Waals surface area contributed by atoms with Crippen LogP contribution in [-0.2, 0) is 10.1 Å². The quantitative estimate of drug-likeness (QED) is 0.209. The molecule has 0 atom stereocenters. The van der Waals surface area contributed by atoms with Gasteiger partial charge in [0, 0.05) is 17.2 Å². The second-order valence-electron chi connectivity index (χ2n) is 8.29. The molecule has 36 heavy (non-hydrogen) atoms. The Hall–Kier alpha value is -4.47. The summed E-state index contributed by atoms with van der Waals surface area (Å²) in [6, 6.07) is 18.4. The van der Waals surface area contributed by atoms with E-state index in [-0.39, 0.29) is 49.9 Å². The molecule has 0 spiro atoms. The summed E-state index contributed by atoms with van der Waals surface area (Å²) in [6.45, 7) is 1.54. The fraction of sp³-hybridized carbons (Fsp3) is 0.0370. The first-order valence-electron chi connectivity index (χ1n) is 10.8. The summed E-state index contributed by atoms with van der Waals surface area (Å²) in [4.78, 5) is 25.7. The van der Waals surface area contributed by atoms with Crippen LogP contribution in [-0.4, -0.2) is 29.6 Å². The van der Waals surface area contributed by atoms with Gasteiger partial charge in [-0.25, -0.2) is 8.42 Å². The SMILES string of the molecule is Cc1cccc(-c2ccc(Oc3cc(O)c4c(c3N)C(=O)c3ccccc3C4=O)cc2)c1S(=O)(=O)[O-]. The number of phenolic OH excluding ortho intramolecular Hbond substituents is 1. The van der Waals surface area contributed by atoms with Crippen molar-refractivity contribution < 1.29 is 32.4 Å². The van der Waals surface area contributed by atoms with E-state index in [2.05, 4.69) is 0 Å². The van der Waals surface area contributed by atoms with E-state index in [0.29, 0.717) is 11.1 Å². The average molecular weight is 501 g/mol. The highest BCUT2D eigenvalue weighted by molar-refractivity contribution is 7.86. The Morgan fingerprint density at radius 3 is 2.03 bits per heavy atom. The maximum Gasteiger partial charge on any atom is 0.198 e. The van der Waals surface area contributed by atoms with Crippen molar-refractivity contribution in [3.05, 3.63) is 101 Å². The molecule has 0 saturated heterocycles. The van der Waals surface area contributed by atoms with Gasteiger partial charge in [0.05, 0.1) is 21.7 Å². The topological polar surface area (TPSA) is 147 Å². The first-order valence-corrected chi connectivity index (χ1v) is 12.2. The van der Waals surface area contributed by atoms with E-state index in [4.69, 9.17) is 10.5 Å². The third-order valence-electron chi connectivity index (χ3n) is 6.03. The lowest BCUT2D eigenvalue weighted by Gasteiger charge is -2.21. The third-order valence-corrected chi connectivity index (χ3v) is 7.08. The molecule has 4 aromatic carbocycles. The number of hydrogen-bond acceptors (Lipinski definition) is 8. The van der Waals surface area contributed by atoms with E-state index in [0.717, 1.165) is 0 Å². The molecule has 180 valence electrons. The summed E-state index contributed by atoms with van der Waals surface area (Å²) in [7, 11) is -4.71. The molecule has 4 aromatic rings. The van der Waals surface area contributed by atoms with Crippen molar-refractivity contribution in [3.8, 4) is 28.4 Å². The van der Waals surface area contributed by atoms with E-state index in [1.54, 1.807) is 43.3 Å². The molecule has 0 saturated carbocycles. The van der Waals surface area contributed by atoms with Crippen LogP contribution in [0.15, 0.2) is 77.7 Å². The zero-order chi connectivity index (χ0) is 25.8. The maximum absolute atomic E-state index is 13.1. The van der Waals surface area contributed by atoms with Crippen LogP contribution in [0.1, 0.15) is 37.4 Å². The molecule has 9 heteroatoms. The number of ether oxygens (including phenoxy) is 1. The van der Waals surface area contributed by atoms with E-state index in [1.807, 2.05) is 0 Å². The minimum absolute atomic E-state index is 0.0297. The molecule has 0 aliphatic heterocycles. The Balaban J connectivity index is 1.52. The van der Waals surface area contributed by atoms with Crippen LogP contribution in [0.2, 0.25) is 0 Å². The second kappa shape index (κ2) is 8.33. The number of carbonyl (C=O) groups is 2. The molecule has 0 unspecified atom stereocenters. The van der Waals surface area contributed by atoms with Gasteiger partial charge < -0.3 is 20.1 Å². The van der Waals surface area contributed by atoms with Crippen molar-refractivity contribution in [1.29, 1.82) is 0 Å².